The fourth-order valence-electron chi connectivity index (χ4n) is 2.13. The van der Waals surface area contributed by atoms with E-state index in [1.807, 2.05) is 0 Å². The lowest BCUT2D eigenvalue weighted by Crippen LogP contribution is -2.42. The van der Waals surface area contributed by atoms with E-state index < -0.39 is 0 Å². The Morgan fingerprint density at radius 1 is 1.09 bits per heavy atom. The van der Waals surface area contributed by atoms with Gasteiger partial charge in [-0.2, -0.15) is 0 Å². The van der Waals surface area contributed by atoms with Gasteiger partial charge in [0.2, 0.25) is 0 Å². The van der Waals surface area contributed by atoms with Crippen LogP contribution in [0.1, 0.15) is 34.1 Å². The minimum atomic E-state index is 0.736. The van der Waals surface area contributed by atoms with Crippen molar-refractivity contribution in [3.8, 4) is 0 Å². The molecule has 2 atom stereocenters. The van der Waals surface area contributed by atoms with Gasteiger partial charge in [-0.05, 0) is 32.1 Å². The Hall–Kier alpha value is -0.0400. The van der Waals surface area contributed by atoms with Crippen molar-refractivity contribution in [1.82, 2.24) is 4.90 Å². The van der Waals surface area contributed by atoms with E-state index in [-0.39, 0.29) is 0 Å². The predicted molar refractivity (Wildman–Crippen MR) is 49.7 cm³/mol. The number of hydrogen-bond donors (Lipinski definition) is 0. The zero-order valence-electron chi connectivity index (χ0n) is 8.30. The Labute approximate surface area is 70.8 Å². The van der Waals surface area contributed by atoms with E-state index in [0.717, 1.165) is 17.9 Å². The van der Waals surface area contributed by atoms with Gasteiger partial charge in [-0.15, -0.1) is 0 Å². The molecular formula is C10H21N. The zero-order valence-corrected chi connectivity index (χ0v) is 8.30. The maximum atomic E-state index is 2.60. The van der Waals surface area contributed by atoms with E-state index in [1.165, 1.54) is 19.5 Å². The van der Waals surface area contributed by atoms with Crippen molar-refractivity contribution >= 4 is 0 Å². The van der Waals surface area contributed by atoms with Crippen LogP contribution in [0, 0.1) is 11.8 Å². The van der Waals surface area contributed by atoms with Gasteiger partial charge in [-0.25, -0.2) is 0 Å². The van der Waals surface area contributed by atoms with Crippen LogP contribution in [0.25, 0.3) is 0 Å². The minimum absolute atomic E-state index is 0.736. The zero-order chi connectivity index (χ0) is 8.43. The Kier molecular flexibility index (Phi) is 2.94. The van der Waals surface area contributed by atoms with Crippen molar-refractivity contribution in [1.29, 1.82) is 0 Å². The normalized spacial score (nSPS) is 34.6. The number of likely N-dealkylation sites (tertiary alicyclic amines) is 1. The highest BCUT2D eigenvalue weighted by Gasteiger charge is 2.22. The molecule has 1 nitrogen and oxygen atoms in total. The quantitative estimate of drug-likeness (QED) is 0.562. The third-order valence-corrected chi connectivity index (χ3v) is 2.63. The summed E-state index contributed by atoms with van der Waals surface area (Å²) in [4.78, 5) is 2.60. The summed E-state index contributed by atoms with van der Waals surface area (Å²) in [6.45, 7) is 11.9. The maximum Gasteiger partial charge on any atom is 0.00388 e. The number of piperidine rings is 1. The summed E-state index contributed by atoms with van der Waals surface area (Å²) in [6.07, 6.45) is 1.42. The van der Waals surface area contributed by atoms with Crippen LogP contribution in [0.15, 0.2) is 0 Å². The Morgan fingerprint density at radius 3 is 1.91 bits per heavy atom. The van der Waals surface area contributed by atoms with Crippen LogP contribution in [0.4, 0.5) is 0 Å². The molecule has 0 bridgehead atoms. The molecule has 0 aliphatic carbocycles. The molecule has 66 valence electrons. The first-order chi connectivity index (χ1) is 5.09. The van der Waals surface area contributed by atoms with Gasteiger partial charge in [-0.3, -0.25) is 0 Å². The summed E-state index contributed by atoms with van der Waals surface area (Å²) in [7, 11) is 0. The molecule has 1 heteroatoms. The maximum absolute atomic E-state index is 2.60. The van der Waals surface area contributed by atoms with Crippen LogP contribution in [0.2, 0.25) is 0 Å². The molecule has 0 unspecified atom stereocenters. The van der Waals surface area contributed by atoms with Crippen LogP contribution in [0.5, 0.6) is 0 Å². The number of rotatable bonds is 1. The molecule has 0 saturated carbocycles. The van der Waals surface area contributed by atoms with Crippen molar-refractivity contribution in [2.75, 3.05) is 13.1 Å². The van der Waals surface area contributed by atoms with Gasteiger partial charge in [0.25, 0.3) is 0 Å². The number of hydrogen-bond acceptors (Lipinski definition) is 1. The number of nitrogens with zero attached hydrogens (tertiary/aromatic N) is 1. The molecule has 0 aromatic carbocycles. The first-order valence-electron chi connectivity index (χ1n) is 4.83. The summed E-state index contributed by atoms with van der Waals surface area (Å²) in [5.41, 5.74) is 0. The van der Waals surface area contributed by atoms with Crippen LogP contribution < -0.4 is 0 Å². The van der Waals surface area contributed by atoms with Crippen molar-refractivity contribution in [3.05, 3.63) is 0 Å². The molecule has 1 heterocycles. The van der Waals surface area contributed by atoms with Crippen molar-refractivity contribution in [2.45, 2.75) is 40.2 Å². The van der Waals surface area contributed by atoms with Crippen LogP contribution in [-0.4, -0.2) is 24.0 Å². The Balaban J connectivity index is 2.43. The molecular weight excluding hydrogens is 134 g/mol. The molecule has 1 aliphatic rings. The first kappa shape index (κ1) is 9.05. The summed E-state index contributed by atoms with van der Waals surface area (Å²) < 4.78 is 0. The van der Waals surface area contributed by atoms with Gasteiger partial charge >= 0.3 is 0 Å². The van der Waals surface area contributed by atoms with E-state index in [9.17, 15) is 0 Å². The Morgan fingerprint density at radius 2 is 1.55 bits per heavy atom. The molecule has 0 spiro atoms. The van der Waals surface area contributed by atoms with Crippen LogP contribution in [-0.2, 0) is 0 Å². The molecule has 1 rings (SSSR count). The molecule has 1 aliphatic heterocycles. The highest BCUT2D eigenvalue weighted by Crippen LogP contribution is 2.22. The predicted octanol–water partition coefficient (Wildman–Crippen LogP) is 2.37. The molecule has 0 aromatic heterocycles. The molecule has 11 heavy (non-hydrogen) atoms. The fourth-order valence-corrected chi connectivity index (χ4v) is 2.13. The third kappa shape index (κ3) is 2.48. The van der Waals surface area contributed by atoms with Gasteiger partial charge in [0.15, 0.2) is 0 Å². The first-order valence-corrected chi connectivity index (χ1v) is 4.83. The van der Waals surface area contributed by atoms with Gasteiger partial charge in [-0.1, -0.05) is 13.8 Å². The van der Waals surface area contributed by atoms with E-state index in [1.54, 1.807) is 0 Å². The van der Waals surface area contributed by atoms with Crippen LogP contribution >= 0.6 is 0 Å². The van der Waals surface area contributed by atoms with Crippen molar-refractivity contribution in [3.63, 3.8) is 0 Å². The smallest absolute Gasteiger partial charge is 0.00388 e. The van der Waals surface area contributed by atoms with Gasteiger partial charge in [0.1, 0.15) is 0 Å². The van der Waals surface area contributed by atoms with E-state index in [4.69, 9.17) is 0 Å². The monoisotopic (exact) mass is 155 g/mol. The fraction of sp³-hybridized carbons (Fsp3) is 1.00. The molecule has 0 radical (unpaired) electrons. The van der Waals surface area contributed by atoms with Gasteiger partial charge in [0, 0.05) is 19.1 Å². The van der Waals surface area contributed by atoms with Crippen molar-refractivity contribution in [2.24, 2.45) is 11.8 Å². The highest BCUT2D eigenvalue weighted by molar-refractivity contribution is 4.76. The summed E-state index contributed by atoms with van der Waals surface area (Å²) in [6, 6.07) is 0.736. The van der Waals surface area contributed by atoms with E-state index in [2.05, 4.69) is 32.6 Å². The van der Waals surface area contributed by atoms with Crippen LogP contribution in [0.3, 0.4) is 0 Å². The molecule has 0 aromatic rings. The average Bonchev–Trinajstić information content (AvgIpc) is 1.85. The molecule has 0 N–H and O–H groups in total. The largest absolute Gasteiger partial charge is 0.300 e. The second kappa shape index (κ2) is 3.57. The lowest BCUT2D eigenvalue weighted by atomic mass is 9.91. The summed E-state index contributed by atoms with van der Waals surface area (Å²) in [5, 5.41) is 0. The Bertz CT molecular complexity index is 110. The SMILES string of the molecule is CC(C)N1C[C@H](C)C[C@@H](C)C1. The molecule has 1 fully saturated rings. The average molecular weight is 155 g/mol. The standard InChI is InChI=1S/C10H21N/c1-8(2)11-6-9(3)5-10(4)7-11/h8-10H,5-7H2,1-4H3/t9-,10-/m1/s1. The van der Waals surface area contributed by atoms with E-state index >= 15 is 0 Å². The molecule has 1 saturated heterocycles. The van der Waals surface area contributed by atoms with E-state index in [0.29, 0.717) is 0 Å². The highest BCUT2D eigenvalue weighted by atomic mass is 15.2. The topological polar surface area (TPSA) is 3.24 Å². The lowest BCUT2D eigenvalue weighted by Gasteiger charge is -2.37. The van der Waals surface area contributed by atoms with Crippen molar-refractivity contribution < 1.29 is 0 Å². The minimum Gasteiger partial charge on any atom is -0.300 e. The summed E-state index contributed by atoms with van der Waals surface area (Å²) >= 11 is 0. The third-order valence-electron chi connectivity index (χ3n) is 2.63. The van der Waals surface area contributed by atoms with Gasteiger partial charge < -0.3 is 4.90 Å². The second-order valence-corrected chi connectivity index (χ2v) is 4.49. The summed E-state index contributed by atoms with van der Waals surface area (Å²) in [5.74, 6) is 1.81. The molecule has 0 amide bonds. The van der Waals surface area contributed by atoms with Gasteiger partial charge in [0.05, 0.1) is 0 Å². The lowest BCUT2D eigenvalue weighted by molar-refractivity contribution is 0.111. The second-order valence-electron chi connectivity index (χ2n) is 4.49.